The number of nitro groups is 1. The molecule has 3 rings (SSSR count). The van der Waals surface area contributed by atoms with Crippen molar-refractivity contribution in [3.05, 3.63) is 68.8 Å². The van der Waals surface area contributed by atoms with Crippen LogP contribution in [0.15, 0.2) is 41.5 Å². The van der Waals surface area contributed by atoms with Gasteiger partial charge in [-0.1, -0.05) is 13.0 Å². The molecular weight excluding hydrogens is 380 g/mol. The van der Waals surface area contributed by atoms with Gasteiger partial charge >= 0.3 is 0 Å². The van der Waals surface area contributed by atoms with Crippen molar-refractivity contribution in [3.63, 3.8) is 0 Å². The van der Waals surface area contributed by atoms with E-state index in [1.807, 2.05) is 6.92 Å². The van der Waals surface area contributed by atoms with Crippen LogP contribution in [-0.2, 0) is 0 Å². The lowest BCUT2D eigenvalue weighted by Gasteiger charge is -2.47. The van der Waals surface area contributed by atoms with E-state index in [9.17, 15) is 14.9 Å². The summed E-state index contributed by atoms with van der Waals surface area (Å²) in [7, 11) is 0. The number of hydrogen-bond donors (Lipinski definition) is 1. The fourth-order valence-corrected chi connectivity index (χ4v) is 4.37. The zero-order valence-corrected chi connectivity index (χ0v) is 18.1. The predicted octanol–water partition coefficient (Wildman–Crippen LogP) is 4.78. The van der Waals surface area contributed by atoms with Gasteiger partial charge in [-0.05, 0) is 74.9 Å². The van der Waals surface area contributed by atoms with E-state index < -0.39 is 10.8 Å². The molecule has 1 aliphatic rings. The second-order valence-electron chi connectivity index (χ2n) is 8.44. The second-order valence-corrected chi connectivity index (χ2v) is 8.44. The van der Waals surface area contributed by atoms with Crippen molar-refractivity contribution < 1.29 is 9.72 Å². The highest BCUT2D eigenvalue weighted by atomic mass is 16.6. The predicted molar refractivity (Wildman–Crippen MR) is 119 cm³/mol. The number of aryl methyl sites for hydroxylation is 1. The molecule has 1 aliphatic heterocycles. The summed E-state index contributed by atoms with van der Waals surface area (Å²) >= 11 is 0. The number of benzene rings is 2. The SMILES string of the molecule is CCN1c2cc(C)c(/C=N\NC(=O)c3cccc([N+](=O)[O-])c3)cc2[C@@H](C)CC1(C)C. The van der Waals surface area contributed by atoms with Gasteiger partial charge in [0.15, 0.2) is 0 Å². The molecule has 0 saturated carbocycles. The number of fused-ring (bicyclic) bond motifs is 1. The second kappa shape index (κ2) is 8.26. The monoisotopic (exact) mass is 408 g/mol. The smallest absolute Gasteiger partial charge is 0.271 e. The molecule has 158 valence electrons. The molecule has 0 bridgehead atoms. The maximum Gasteiger partial charge on any atom is 0.271 e. The highest BCUT2D eigenvalue weighted by Gasteiger charge is 2.35. The third kappa shape index (κ3) is 4.20. The van der Waals surface area contributed by atoms with E-state index >= 15 is 0 Å². The summed E-state index contributed by atoms with van der Waals surface area (Å²) in [5.74, 6) is -0.0668. The quantitative estimate of drug-likeness (QED) is 0.438. The van der Waals surface area contributed by atoms with Crippen LogP contribution in [0.25, 0.3) is 0 Å². The Balaban J connectivity index is 1.82. The minimum absolute atomic E-state index is 0.107. The molecule has 2 aromatic carbocycles. The molecule has 0 saturated heterocycles. The van der Waals surface area contributed by atoms with Gasteiger partial charge in [0.05, 0.1) is 11.1 Å². The van der Waals surface area contributed by atoms with Crippen LogP contribution in [0.1, 0.15) is 67.1 Å². The molecular formula is C23H28N4O3. The molecule has 1 heterocycles. The highest BCUT2D eigenvalue weighted by Crippen LogP contribution is 2.43. The summed E-state index contributed by atoms with van der Waals surface area (Å²) in [6.07, 6.45) is 2.70. The Morgan fingerprint density at radius 3 is 2.77 bits per heavy atom. The van der Waals surface area contributed by atoms with Gasteiger partial charge in [-0.25, -0.2) is 5.43 Å². The van der Waals surface area contributed by atoms with Crippen molar-refractivity contribution in [1.29, 1.82) is 0 Å². The number of rotatable bonds is 5. The first kappa shape index (κ1) is 21.5. The first-order chi connectivity index (χ1) is 14.1. The first-order valence-corrected chi connectivity index (χ1v) is 10.1. The van der Waals surface area contributed by atoms with E-state index in [-0.39, 0.29) is 16.8 Å². The van der Waals surface area contributed by atoms with Gasteiger partial charge in [-0.3, -0.25) is 14.9 Å². The topological polar surface area (TPSA) is 87.8 Å². The Morgan fingerprint density at radius 2 is 2.10 bits per heavy atom. The maximum absolute atomic E-state index is 12.3. The maximum atomic E-state index is 12.3. The summed E-state index contributed by atoms with van der Waals surface area (Å²) in [4.78, 5) is 25.1. The molecule has 1 amide bonds. The average molecular weight is 409 g/mol. The molecule has 0 aromatic heterocycles. The summed E-state index contributed by atoms with van der Waals surface area (Å²) in [6, 6.07) is 9.92. The van der Waals surface area contributed by atoms with Gasteiger partial charge < -0.3 is 4.90 Å². The van der Waals surface area contributed by atoms with Crippen molar-refractivity contribution >= 4 is 23.5 Å². The third-order valence-corrected chi connectivity index (χ3v) is 5.78. The average Bonchev–Trinajstić information content (AvgIpc) is 2.68. The molecule has 2 aromatic rings. The minimum atomic E-state index is -0.529. The molecule has 0 spiro atoms. The van der Waals surface area contributed by atoms with Gasteiger partial charge in [0.2, 0.25) is 0 Å². The first-order valence-electron chi connectivity index (χ1n) is 10.1. The third-order valence-electron chi connectivity index (χ3n) is 5.78. The van der Waals surface area contributed by atoms with Gasteiger partial charge in [0, 0.05) is 35.5 Å². The number of carbonyl (C=O) groups excluding carboxylic acids is 1. The van der Waals surface area contributed by atoms with E-state index in [0.29, 0.717) is 5.92 Å². The standard InChI is InChI=1S/C23H28N4O3/c1-6-26-21-10-15(2)18(12-20(21)16(3)13-23(26,4)5)14-24-25-22(28)17-8-7-9-19(11-17)27(29)30/h7-12,14,16H,6,13H2,1-5H3,(H,25,28)/b24-14-/t16-/m0/s1. The highest BCUT2D eigenvalue weighted by molar-refractivity contribution is 5.95. The number of carbonyl (C=O) groups is 1. The summed E-state index contributed by atoms with van der Waals surface area (Å²) in [5, 5.41) is 15.0. The van der Waals surface area contributed by atoms with Crippen LogP contribution in [0.3, 0.4) is 0 Å². The minimum Gasteiger partial charge on any atom is -0.366 e. The Labute approximate surface area is 176 Å². The van der Waals surface area contributed by atoms with Gasteiger partial charge in [-0.15, -0.1) is 0 Å². The van der Waals surface area contributed by atoms with Crippen molar-refractivity contribution in [1.82, 2.24) is 5.43 Å². The number of anilines is 1. The molecule has 0 aliphatic carbocycles. The van der Waals surface area contributed by atoms with Crippen molar-refractivity contribution in [2.45, 2.75) is 52.5 Å². The number of nitro benzene ring substituents is 1. The van der Waals surface area contributed by atoms with Gasteiger partial charge in [0.1, 0.15) is 0 Å². The number of nitrogens with one attached hydrogen (secondary N) is 1. The van der Waals surface area contributed by atoms with Gasteiger partial charge in [0.25, 0.3) is 11.6 Å². The number of hydrazone groups is 1. The largest absolute Gasteiger partial charge is 0.366 e. The van der Waals surface area contributed by atoms with Crippen LogP contribution in [0.4, 0.5) is 11.4 Å². The van der Waals surface area contributed by atoms with Crippen molar-refractivity contribution in [2.75, 3.05) is 11.4 Å². The Bertz CT molecular complexity index is 1010. The van der Waals surface area contributed by atoms with Crippen LogP contribution in [-0.4, -0.2) is 29.1 Å². The van der Waals surface area contributed by atoms with E-state index in [1.165, 1.54) is 35.5 Å². The fourth-order valence-electron chi connectivity index (χ4n) is 4.37. The lowest BCUT2D eigenvalue weighted by molar-refractivity contribution is -0.384. The van der Waals surface area contributed by atoms with E-state index in [2.05, 4.69) is 55.3 Å². The molecule has 30 heavy (non-hydrogen) atoms. The normalized spacial score (nSPS) is 17.6. The molecule has 1 atom stereocenters. The van der Waals surface area contributed by atoms with Crippen LogP contribution >= 0.6 is 0 Å². The summed E-state index contributed by atoms with van der Waals surface area (Å²) < 4.78 is 0. The van der Waals surface area contributed by atoms with E-state index in [0.717, 1.165) is 24.1 Å². The molecule has 0 radical (unpaired) electrons. The molecule has 0 fully saturated rings. The van der Waals surface area contributed by atoms with Crippen LogP contribution in [0.5, 0.6) is 0 Å². The van der Waals surface area contributed by atoms with Crippen LogP contribution < -0.4 is 10.3 Å². The van der Waals surface area contributed by atoms with Crippen LogP contribution in [0.2, 0.25) is 0 Å². The lowest BCUT2D eigenvalue weighted by atomic mass is 9.79. The molecule has 7 nitrogen and oxygen atoms in total. The van der Waals surface area contributed by atoms with E-state index in [1.54, 1.807) is 6.21 Å². The van der Waals surface area contributed by atoms with Gasteiger partial charge in [-0.2, -0.15) is 5.10 Å². The van der Waals surface area contributed by atoms with Crippen molar-refractivity contribution in [2.24, 2.45) is 5.10 Å². The zero-order valence-electron chi connectivity index (χ0n) is 18.1. The molecule has 0 unspecified atom stereocenters. The molecule has 7 heteroatoms. The lowest BCUT2D eigenvalue weighted by Crippen LogP contribution is -2.48. The Kier molecular flexibility index (Phi) is 5.92. The Morgan fingerprint density at radius 1 is 1.37 bits per heavy atom. The van der Waals surface area contributed by atoms with Crippen molar-refractivity contribution in [3.8, 4) is 0 Å². The van der Waals surface area contributed by atoms with Crippen LogP contribution in [0, 0.1) is 17.0 Å². The zero-order chi connectivity index (χ0) is 22.1. The summed E-state index contributed by atoms with van der Waals surface area (Å²) in [6.45, 7) is 12.0. The number of nitrogens with zero attached hydrogens (tertiary/aromatic N) is 3. The number of hydrogen-bond acceptors (Lipinski definition) is 5. The number of non-ortho nitro benzene ring substituents is 1. The summed E-state index contributed by atoms with van der Waals surface area (Å²) in [5.41, 5.74) is 7.19. The fraction of sp³-hybridized carbons (Fsp3) is 0.391. The molecule has 1 N–H and O–H groups in total. The number of amides is 1. The van der Waals surface area contributed by atoms with E-state index in [4.69, 9.17) is 0 Å². The Hall–Kier alpha value is -3.22.